The molecule has 1 N–H and O–H groups in total. The minimum Gasteiger partial charge on any atom is -0.492 e. The average molecular weight is 450 g/mol. The number of halogens is 2. The van der Waals surface area contributed by atoms with Crippen LogP contribution in [0.2, 0.25) is 10.0 Å². The van der Waals surface area contributed by atoms with Crippen molar-refractivity contribution in [2.45, 2.75) is 18.9 Å². The minimum atomic E-state index is -0.0197. The van der Waals surface area contributed by atoms with Gasteiger partial charge in [0.2, 0.25) is 5.91 Å². The number of carbonyl (C=O) groups is 1. The van der Waals surface area contributed by atoms with Crippen LogP contribution in [0.1, 0.15) is 24.4 Å². The maximum absolute atomic E-state index is 12.6. The molecule has 5 nitrogen and oxygen atoms in total. The molecule has 1 heterocycles. The van der Waals surface area contributed by atoms with Crippen LogP contribution in [-0.2, 0) is 4.79 Å². The Morgan fingerprint density at radius 1 is 1.10 bits per heavy atom. The predicted molar refractivity (Wildman–Crippen MR) is 122 cm³/mol. The summed E-state index contributed by atoms with van der Waals surface area (Å²) in [6, 6.07) is 15.3. The SMILES string of the molecule is CN1CCN(CC(NC(=O)CCCOc2ccc(Cl)cc2Cl)c2ccccc2)CC1. The Morgan fingerprint density at radius 2 is 1.83 bits per heavy atom. The number of nitrogens with zero attached hydrogens (tertiary/aromatic N) is 2. The Kier molecular flexibility index (Phi) is 8.82. The highest BCUT2D eigenvalue weighted by Crippen LogP contribution is 2.27. The van der Waals surface area contributed by atoms with E-state index in [9.17, 15) is 4.79 Å². The maximum atomic E-state index is 12.6. The second-order valence-corrected chi connectivity index (χ2v) is 8.51. The molecule has 1 atom stereocenters. The van der Waals surface area contributed by atoms with Gasteiger partial charge in [0.1, 0.15) is 5.75 Å². The summed E-state index contributed by atoms with van der Waals surface area (Å²) in [6.07, 6.45) is 1.01. The Balaban J connectivity index is 1.49. The molecule has 1 amide bonds. The third kappa shape index (κ3) is 7.17. The van der Waals surface area contributed by atoms with Crippen molar-refractivity contribution in [3.8, 4) is 5.75 Å². The highest BCUT2D eigenvalue weighted by Gasteiger charge is 2.21. The van der Waals surface area contributed by atoms with E-state index in [2.05, 4.69) is 34.3 Å². The fraction of sp³-hybridized carbons (Fsp3) is 0.435. The monoisotopic (exact) mass is 449 g/mol. The number of likely N-dealkylation sites (N-methyl/N-ethyl adjacent to an activating group) is 1. The topological polar surface area (TPSA) is 44.8 Å². The lowest BCUT2D eigenvalue weighted by atomic mass is 10.1. The number of piperazine rings is 1. The van der Waals surface area contributed by atoms with Crippen LogP contribution in [0, 0.1) is 0 Å². The van der Waals surface area contributed by atoms with E-state index in [-0.39, 0.29) is 11.9 Å². The summed E-state index contributed by atoms with van der Waals surface area (Å²) >= 11 is 12.0. The minimum absolute atomic E-state index is 0.0197. The Labute approximate surface area is 188 Å². The number of ether oxygens (including phenoxy) is 1. The van der Waals surface area contributed by atoms with Crippen LogP contribution in [0.25, 0.3) is 0 Å². The Hall–Kier alpha value is -1.79. The zero-order chi connectivity index (χ0) is 21.3. The quantitative estimate of drug-likeness (QED) is 0.580. The third-order valence-corrected chi connectivity index (χ3v) is 5.80. The highest BCUT2D eigenvalue weighted by molar-refractivity contribution is 6.35. The van der Waals surface area contributed by atoms with Crippen LogP contribution in [0.15, 0.2) is 48.5 Å². The molecule has 1 aliphatic rings. The molecule has 162 valence electrons. The van der Waals surface area contributed by atoms with E-state index in [1.54, 1.807) is 18.2 Å². The first-order chi connectivity index (χ1) is 14.5. The van der Waals surface area contributed by atoms with Gasteiger partial charge in [-0.25, -0.2) is 0 Å². The van der Waals surface area contributed by atoms with Gasteiger partial charge in [0, 0.05) is 44.2 Å². The van der Waals surface area contributed by atoms with Crippen LogP contribution >= 0.6 is 23.2 Å². The molecule has 1 saturated heterocycles. The number of nitrogens with one attached hydrogen (secondary N) is 1. The molecule has 0 aliphatic carbocycles. The molecule has 3 rings (SSSR count). The second kappa shape index (κ2) is 11.6. The van der Waals surface area contributed by atoms with Crippen molar-refractivity contribution in [3.05, 3.63) is 64.1 Å². The number of hydrogen-bond acceptors (Lipinski definition) is 4. The van der Waals surface area contributed by atoms with Gasteiger partial charge < -0.3 is 15.0 Å². The number of carbonyl (C=O) groups excluding carboxylic acids is 1. The fourth-order valence-electron chi connectivity index (χ4n) is 3.48. The van der Waals surface area contributed by atoms with Crippen molar-refractivity contribution in [2.24, 2.45) is 0 Å². The van der Waals surface area contributed by atoms with Crippen molar-refractivity contribution >= 4 is 29.1 Å². The lowest BCUT2D eigenvalue weighted by molar-refractivity contribution is -0.122. The smallest absolute Gasteiger partial charge is 0.220 e. The molecule has 0 bridgehead atoms. The molecule has 0 saturated carbocycles. The van der Waals surface area contributed by atoms with Gasteiger partial charge in [0.25, 0.3) is 0 Å². The van der Waals surface area contributed by atoms with Crippen LogP contribution in [0.4, 0.5) is 0 Å². The second-order valence-electron chi connectivity index (χ2n) is 7.66. The number of amides is 1. The molecule has 30 heavy (non-hydrogen) atoms. The van der Waals surface area contributed by atoms with Gasteiger partial charge >= 0.3 is 0 Å². The van der Waals surface area contributed by atoms with Gasteiger partial charge in [-0.1, -0.05) is 53.5 Å². The summed E-state index contributed by atoms with van der Waals surface area (Å²) in [6.45, 7) is 5.39. The molecule has 0 radical (unpaired) electrons. The van der Waals surface area contributed by atoms with Crippen molar-refractivity contribution in [1.29, 1.82) is 0 Å². The van der Waals surface area contributed by atoms with Crippen molar-refractivity contribution in [1.82, 2.24) is 15.1 Å². The highest BCUT2D eigenvalue weighted by atomic mass is 35.5. The van der Waals surface area contributed by atoms with E-state index in [1.165, 1.54) is 0 Å². The molecule has 1 aliphatic heterocycles. The van der Waals surface area contributed by atoms with E-state index in [0.717, 1.165) is 38.3 Å². The number of hydrogen-bond donors (Lipinski definition) is 1. The summed E-state index contributed by atoms with van der Waals surface area (Å²) in [4.78, 5) is 17.4. The Bertz CT molecular complexity index is 811. The molecular formula is C23H29Cl2N3O2. The first-order valence-electron chi connectivity index (χ1n) is 10.3. The lowest BCUT2D eigenvalue weighted by Gasteiger charge is -2.35. The number of benzene rings is 2. The van der Waals surface area contributed by atoms with Crippen LogP contribution in [0.5, 0.6) is 5.75 Å². The summed E-state index contributed by atoms with van der Waals surface area (Å²) < 4.78 is 5.68. The van der Waals surface area contributed by atoms with Gasteiger partial charge in [-0.05, 0) is 37.2 Å². The zero-order valence-electron chi connectivity index (χ0n) is 17.3. The molecule has 2 aromatic carbocycles. The van der Waals surface area contributed by atoms with E-state index in [1.807, 2.05) is 18.2 Å². The molecule has 0 spiro atoms. The average Bonchev–Trinajstić information content (AvgIpc) is 2.74. The van der Waals surface area contributed by atoms with Gasteiger partial charge in [-0.3, -0.25) is 9.69 Å². The molecule has 7 heteroatoms. The van der Waals surface area contributed by atoms with Crippen molar-refractivity contribution < 1.29 is 9.53 Å². The molecular weight excluding hydrogens is 421 g/mol. The van der Waals surface area contributed by atoms with Crippen LogP contribution in [0.3, 0.4) is 0 Å². The first-order valence-corrected chi connectivity index (χ1v) is 11.1. The van der Waals surface area contributed by atoms with Crippen molar-refractivity contribution in [2.75, 3.05) is 46.4 Å². The van der Waals surface area contributed by atoms with E-state index < -0.39 is 0 Å². The molecule has 1 fully saturated rings. The van der Waals surface area contributed by atoms with E-state index in [0.29, 0.717) is 35.2 Å². The van der Waals surface area contributed by atoms with Gasteiger partial charge in [-0.15, -0.1) is 0 Å². The summed E-state index contributed by atoms with van der Waals surface area (Å²) in [5.74, 6) is 0.613. The standard InChI is InChI=1S/C23H29Cl2N3O2/c1-27-11-13-28(14-12-27)17-21(18-6-3-2-4-7-18)26-23(29)8-5-15-30-22-10-9-19(24)16-20(22)25/h2-4,6-7,9-10,16,21H,5,8,11-15,17H2,1H3,(H,26,29). The Morgan fingerprint density at radius 3 is 2.53 bits per heavy atom. The van der Waals surface area contributed by atoms with Crippen molar-refractivity contribution in [3.63, 3.8) is 0 Å². The van der Waals surface area contributed by atoms with Crippen LogP contribution in [-0.4, -0.2) is 62.1 Å². The largest absolute Gasteiger partial charge is 0.492 e. The fourth-order valence-corrected chi connectivity index (χ4v) is 3.95. The van der Waals surface area contributed by atoms with Gasteiger partial charge in [0.05, 0.1) is 17.7 Å². The maximum Gasteiger partial charge on any atom is 0.220 e. The van der Waals surface area contributed by atoms with Crippen LogP contribution < -0.4 is 10.1 Å². The third-order valence-electron chi connectivity index (χ3n) is 5.27. The first kappa shape index (κ1) is 22.9. The van der Waals surface area contributed by atoms with E-state index in [4.69, 9.17) is 27.9 Å². The van der Waals surface area contributed by atoms with Gasteiger partial charge in [0.15, 0.2) is 0 Å². The summed E-state index contributed by atoms with van der Waals surface area (Å²) in [5.41, 5.74) is 1.13. The summed E-state index contributed by atoms with van der Waals surface area (Å²) in [5, 5.41) is 4.26. The van der Waals surface area contributed by atoms with Gasteiger partial charge in [-0.2, -0.15) is 0 Å². The zero-order valence-corrected chi connectivity index (χ0v) is 18.8. The molecule has 2 aromatic rings. The normalized spacial score (nSPS) is 16.2. The number of rotatable bonds is 9. The molecule has 0 aromatic heterocycles. The molecule has 1 unspecified atom stereocenters. The van der Waals surface area contributed by atoms with E-state index >= 15 is 0 Å². The lowest BCUT2D eigenvalue weighted by Crippen LogP contribution is -2.47. The summed E-state index contributed by atoms with van der Waals surface area (Å²) in [7, 11) is 2.15. The predicted octanol–water partition coefficient (Wildman–Crippen LogP) is 4.26.